The fourth-order valence-electron chi connectivity index (χ4n) is 3.88. The Kier molecular flexibility index (Phi) is 5.86. The van der Waals surface area contributed by atoms with Crippen molar-refractivity contribution < 1.29 is 14.4 Å². The van der Waals surface area contributed by atoms with Crippen LogP contribution in [-0.2, 0) is 0 Å². The number of likely N-dealkylation sites (N-methyl/N-ethyl adjacent to an activating group) is 1. The normalized spacial score (nSPS) is 27.2. The Morgan fingerprint density at radius 2 is 2.12 bits per heavy atom. The Labute approximate surface area is 143 Å². The summed E-state index contributed by atoms with van der Waals surface area (Å²) in [5.74, 6) is 0.451. The molecule has 1 N–H and O–H groups in total. The summed E-state index contributed by atoms with van der Waals surface area (Å²) in [5.41, 5.74) is 0.351. The second-order valence-corrected chi connectivity index (χ2v) is 7.20. The van der Waals surface area contributed by atoms with Crippen LogP contribution in [0.3, 0.4) is 0 Å². The lowest BCUT2D eigenvalue weighted by molar-refractivity contribution is 0.0445. The minimum atomic E-state index is -0.0949. The lowest BCUT2D eigenvalue weighted by Crippen LogP contribution is -2.48. The molecule has 7 nitrogen and oxygen atoms in total. The maximum Gasteiger partial charge on any atom is 0.276 e. The van der Waals surface area contributed by atoms with E-state index < -0.39 is 0 Å². The molecule has 1 amide bonds. The first-order valence-corrected chi connectivity index (χ1v) is 8.87. The molecule has 0 radical (unpaired) electrons. The van der Waals surface area contributed by atoms with Crippen LogP contribution in [0.25, 0.3) is 0 Å². The Morgan fingerprint density at radius 1 is 1.29 bits per heavy atom. The first kappa shape index (κ1) is 17.4. The summed E-state index contributed by atoms with van der Waals surface area (Å²) in [6.45, 7) is 6.88. The standard InChI is InChI=1S/C17H28N4O3/c1-19-4-2-5-20(7-6-19)10-14-9-15(13-22)12-21(11-14)17(23)16-3-8-24-18-16/h3,8,14-15,22H,2,4-7,9-13H2,1H3/t14-,15-/m1/s1. The third kappa shape index (κ3) is 4.34. The van der Waals surface area contributed by atoms with Gasteiger partial charge in [-0.25, -0.2) is 0 Å². The van der Waals surface area contributed by atoms with Crippen molar-refractivity contribution in [2.75, 3.05) is 59.5 Å². The van der Waals surface area contributed by atoms with Gasteiger partial charge in [0.1, 0.15) is 6.26 Å². The highest BCUT2D eigenvalue weighted by Gasteiger charge is 2.32. The minimum Gasteiger partial charge on any atom is -0.396 e. The second kappa shape index (κ2) is 8.09. The Hall–Kier alpha value is -1.44. The molecule has 2 fully saturated rings. The maximum absolute atomic E-state index is 12.6. The van der Waals surface area contributed by atoms with Crippen LogP contribution >= 0.6 is 0 Å². The summed E-state index contributed by atoms with van der Waals surface area (Å²) in [6, 6.07) is 1.60. The van der Waals surface area contributed by atoms with Crippen LogP contribution in [0.15, 0.2) is 16.9 Å². The highest BCUT2D eigenvalue weighted by atomic mass is 16.5. The molecule has 1 aromatic rings. The lowest BCUT2D eigenvalue weighted by atomic mass is 9.89. The largest absolute Gasteiger partial charge is 0.396 e. The molecule has 2 atom stereocenters. The molecule has 1 aromatic heterocycles. The number of carbonyl (C=O) groups is 1. The fourth-order valence-corrected chi connectivity index (χ4v) is 3.88. The quantitative estimate of drug-likeness (QED) is 0.857. The van der Waals surface area contributed by atoms with Crippen LogP contribution in [0, 0.1) is 11.8 Å². The van der Waals surface area contributed by atoms with Gasteiger partial charge in [-0.3, -0.25) is 4.79 Å². The zero-order valence-electron chi connectivity index (χ0n) is 14.4. The van der Waals surface area contributed by atoms with E-state index in [4.69, 9.17) is 4.52 Å². The molecule has 24 heavy (non-hydrogen) atoms. The van der Waals surface area contributed by atoms with E-state index in [0.717, 1.165) is 45.7 Å². The van der Waals surface area contributed by atoms with Crippen LogP contribution in [0.5, 0.6) is 0 Å². The van der Waals surface area contributed by atoms with Gasteiger partial charge in [0.15, 0.2) is 5.69 Å². The van der Waals surface area contributed by atoms with Crippen LogP contribution in [0.2, 0.25) is 0 Å². The third-order valence-electron chi connectivity index (χ3n) is 5.15. The number of aromatic nitrogens is 1. The van der Waals surface area contributed by atoms with Crippen molar-refractivity contribution in [1.82, 2.24) is 19.9 Å². The van der Waals surface area contributed by atoms with Crippen molar-refractivity contribution in [2.45, 2.75) is 12.8 Å². The van der Waals surface area contributed by atoms with Crippen LogP contribution in [0.1, 0.15) is 23.3 Å². The first-order chi connectivity index (χ1) is 11.7. The van der Waals surface area contributed by atoms with E-state index in [1.165, 1.54) is 12.7 Å². The molecule has 0 aromatic carbocycles. The molecular formula is C17H28N4O3. The number of nitrogens with zero attached hydrogens (tertiary/aromatic N) is 4. The Morgan fingerprint density at radius 3 is 2.88 bits per heavy atom. The zero-order chi connectivity index (χ0) is 16.9. The fraction of sp³-hybridized carbons (Fsp3) is 0.765. The predicted octanol–water partition coefficient (Wildman–Crippen LogP) is 0.383. The summed E-state index contributed by atoms with van der Waals surface area (Å²) < 4.78 is 4.79. The van der Waals surface area contributed by atoms with Gasteiger partial charge in [0, 0.05) is 45.4 Å². The van der Waals surface area contributed by atoms with Gasteiger partial charge in [0.05, 0.1) is 0 Å². The molecule has 0 spiro atoms. The molecule has 2 aliphatic heterocycles. The Bertz CT molecular complexity index is 522. The number of hydrogen-bond donors (Lipinski definition) is 1. The van der Waals surface area contributed by atoms with E-state index in [2.05, 4.69) is 22.0 Å². The number of hydrogen-bond acceptors (Lipinski definition) is 6. The molecule has 0 unspecified atom stereocenters. The molecule has 3 heterocycles. The van der Waals surface area contributed by atoms with Crippen LogP contribution < -0.4 is 0 Å². The van der Waals surface area contributed by atoms with Crippen LogP contribution in [-0.4, -0.2) is 90.3 Å². The highest BCUT2D eigenvalue weighted by molar-refractivity contribution is 5.92. The van der Waals surface area contributed by atoms with Gasteiger partial charge in [-0.2, -0.15) is 0 Å². The van der Waals surface area contributed by atoms with Crippen molar-refractivity contribution in [2.24, 2.45) is 11.8 Å². The minimum absolute atomic E-state index is 0.0949. The SMILES string of the molecule is CN1CCCN(C[C@H]2C[C@@H](CO)CN(C(=O)c3ccon3)C2)CC1. The third-order valence-corrected chi connectivity index (χ3v) is 5.15. The van der Waals surface area contributed by atoms with E-state index >= 15 is 0 Å². The first-order valence-electron chi connectivity index (χ1n) is 8.87. The van der Waals surface area contributed by atoms with Gasteiger partial charge in [-0.05, 0) is 44.8 Å². The number of carbonyl (C=O) groups excluding carboxylic acids is 1. The molecule has 3 rings (SSSR count). The van der Waals surface area contributed by atoms with E-state index in [9.17, 15) is 9.90 Å². The molecule has 0 saturated carbocycles. The van der Waals surface area contributed by atoms with Gasteiger partial charge in [-0.1, -0.05) is 5.16 Å². The van der Waals surface area contributed by atoms with E-state index in [0.29, 0.717) is 18.2 Å². The zero-order valence-corrected chi connectivity index (χ0v) is 14.4. The number of aliphatic hydroxyl groups excluding tert-OH is 1. The molecule has 7 heteroatoms. The highest BCUT2D eigenvalue weighted by Crippen LogP contribution is 2.24. The van der Waals surface area contributed by atoms with Gasteiger partial charge in [-0.15, -0.1) is 0 Å². The molecule has 0 aliphatic carbocycles. The molecule has 134 valence electrons. The van der Waals surface area contributed by atoms with E-state index in [1.807, 2.05) is 4.90 Å². The Balaban J connectivity index is 1.61. The monoisotopic (exact) mass is 336 g/mol. The predicted molar refractivity (Wildman–Crippen MR) is 89.6 cm³/mol. The van der Waals surface area contributed by atoms with Gasteiger partial charge >= 0.3 is 0 Å². The summed E-state index contributed by atoms with van der Waals surface area (Å²) in [7, 11) is 2.17. The lowest BCUT2D eigenvalue weighted by Gasteiger charge is -2.38. The second-order valence-electron chi connectivity index (χ2n) is 7.20. The van der Waals surface area contributed by atoms with Gasteiger partial charge in [0.2, 0.25) is 0 Å². The van der Waals surface area contributed by atoms with Crippen molar-refractivity contribution in [3.05, 3.63) is 18.0 Å². The molecule has 0 bridgehead atoms. The average molecular weight is 336 g/mol. The smallest absolute Gasteiger partial charge is 0.276 e. The van der Waals surface area contributed by atoms with Crippen LogP contribution in [0.4, 0.5) is 0 Å². The number of aliphatic hydroxyl groups is 1. The van der Waals surface area contributed by atoms with E-state index in [-0.39, 0.29) is 18.4 Å². The molecule has 2 saturated heterocycles. The summed E-state index contributed by atoms with van der Waals surface area (Å²) in [4.78, 5) is 19.3. The van der Waals surface area contributed by atoms with Gasteiger partial charge < -0.3 is 24.3 Å². The molecular weight excluding hydrogens is 308 g/mol. The van der Waals surface area contributed by atoms with Crippen molar-refractivity contribution in [3.8, 4) is 0 Å². The number of piperidine rings is 1. The maximum atomic E-state index is 12.6. The average Bonchev–Trinajstić information content (AvgIpc) is 3.05. The molecule has 2 aliphatic rings. The summed E-state index contributed by atoms with van der Waals surface area (Å²) in [6.07, 6.45) is 3.59. The topological polar surface area (TPSA) is 73.1 Å². The van der Waals surface area contributed by atoms with E-state index in [1.54, 1.807) is 6.07 Å². The van der Waals surface area contributed by atoms with Crippen molar-refractivity contribution in [3.63, 3.8) is 0 Å². The number of likely N-dealkylation sites (tertiary alicyclic amines) is 1. The number of amides is 1. The van der Waals surface area contributed by atoms with Gasteiger partial charge in [0.25, 0.3) is 5.91 Å². The summed E-state index contributed by atoms with van der Waals surface area (Å²) >= 11 is 0. The van der Waals surface area contributed by atoms with Crippen molar-refractivity contribution in [1.29, 1.82) is 0 Å². The van der Waals surface area contributed by atoms with Crippen molar-refractivity contribution >= 4 is 5.91 Å². The number of rotatable bonds is 4. The summed E-state index contributed by atoms with van der Waals surface area (Å²) in [5, 5.41) is 13.4.